The molecular weight excluding hydrogens is 268 g/mol. The summed E-state index contributed by atoms with van der Waals surface area (Å²) in [4.78, 5) is 18.7. The third-order valence-electron chi connectivity index (χ3n) is 2.48. The van der Waals surface area contributed by atoms with E-state index >= 15 is 0 Å². The maximum absolute atomic E-state index is 10.8. The zero-order chi connectivity index (χ0) is 14.0. The quantitative estimate of drug-likeness (QED) is 0.933. The van der Waals surface area contributed by atoms with Crippen molar-refractivity contribution in [2.75, 3.05) is 0 Å². The van der Waals surface area contributed by atoms with Crippen LogP contribution in [-0.4, -0.2) is 21.0 Å². The number of aryl methyl sites for hydroxylation is 2. The van der Waals surface area contributed by atoms with E-state index in [1.54, 1.807) is 19.1 Å². The fraction of sp³-hybridized carbons (Fsp3) is 0.154. The second-order valence-corrected chi connectivity index (χ2v) is 4.40. The minimum absolute atomic E-state index is 0.0438. The molecule has 0 fully saturated rings. The van der Waals surface area contributed by atoms with Gasteiger partial charge in [-0.3, -0.25) is 0 Å². The Balaban J connectivity index is 2.29. The Kier molecular flexibility index (Phi) is 3.66. The lowest BCUT2D eigenvalue weighted by Gasteiger charge is -2.07. The van der Waals surface area contributed by atoms with Gasteiger partial charge in [0.25, 0.3) is 0 Å². The van der Waals surface area contributed by atoms with Gasteiger partial charge in [-0.1, -0.05) is 17.7 Å². The standard InChI is InChI=1S/C13H11ClN2O3/c1-7-3-4-11(10(14)5-7)19-13-15-6-9(12(17)18)8(2)16-13/h3-6H,1-2H3,(H,17,18). The second kappa shape index (κ2) is 5.24. The molecule has 98 valence electrons. The summed E-state index contributed by atoms with van der Waals surface area (Å²) in [6.07, 6.45) is 1.21. The molecule has 0 radical (unpaired) electrons. The molecule has 1 N–H and O–H groups in total. The van der Waals surface area contributed by atoms with Gasteiger partial charge in [-0.2, -0.15) is 4.98 Å². The molecule has 1 heterocycles. The van der Waals surface area contributed by atoms with Gasteiger partial charge in [-0.15, -0.1) is 0 Å². The summed E-state index contributed by atoms with van der Waals surface area (Å²) in [6, 6.07) is 5.38. The van der Waals surface area contributed by atoms with Crippen LogP contribution in [0.5, 0.6) is 11.8 Å². The van der Waals surface area contributed by atoms with Crippen LogP contribution in [0.3, 0.4) is 0 Å². The molecule has 0 saturated heterocycles. The van der Waals surface area contributed by atoms with E-state index in [4.69, 9.17) is 21.4 Å². The van der Waals surface area contributed by atoms with Gasteiger partial charge in [0, 0.05) is 6.20 Å². The number of carboxylic acids is 1. The number of ether oxygens (including phenoxy) is 1. The number of aromatic carboxylic acids is 1. The molecule has 5 nitrogen and oxygen atoms in total. The van der Waals surface area contributed by atoms with Gasteiger partial charge in [0.2, 0.25) is 0 Å². The largest absolute Gasteiger partial charge is 0.478 e. The molecule has 19 heavy (non-hydrogen) atoms. The van der Waals surface area contributed by atoms with Crippen molar-refractivity contribution in [1.82, 2.24) is 9.97 Å². The van der Waals surface area contributed by atoms with Crippen molar-refractivity contribution in [3.63, 3.8) is 0 Å². The third kappa shape index (κ3) is 3.00. The summed E-state index contributed by atoms with van der Waals surface area (Å²) in [5.41, 5.74) is 1.39. The predicted octanol–water partition coefficient (Wildman–Crippen LogP) is 3.24. The molecule has 0 saturated carbocycles. The van der Waals surface area contributed by atoms with Crippen LogP contribution >= 0.6 is 11.6 Å². The van der Waals surface area contributed by atoms with Crippen LogP contribution in [0.2, 0.25) is 5.02 Å². The van der Waals surface area contributed by atoms with Crippen molar-refractivity contribution in [3.8, 4) is 11.8 Å². The number of carbonyl (C=O) groups is 1. The highest BCUT2D eigenvalue weighted by molar-refractivity contribution is 6.32. The predicted molar refractivity (Wildman–Crippen MR) is 70.0 cm³/mol. The Hall–Kier alpha value is -2.14. The molecule has 0 amide bonds. The fourth-order valence-corrected chi connectivity index (χ4v) is 1.77. The van der Waals surface area contributed by atoms with E-state index in [2.05, 4.69) is 9.97 Å². The van der Waals surface area contributed by atoms with E-state index in [1.807, 2.05) is 13.0 Å². The topological polar surface area (TPSA) is 72.3 Å². The Morgan fingerprint density at radius 3 is 2.68 bits per heavy atom. The summed E-state index contributed by atoms with van der Waals surface area (Å²) in [6.45, 7) is 3.49. The SMILES string of the molecule is Cc1ccc(Oc2ncc(C(=O)O)c(C)n2)c(Cl)c1. The Morgan fingerprint density at radius 1 is 1.37 bits per heavy atom. The van der Waals surface area contributed by atoms with Crippen LogP contribution in [0, 0.1) is 13.8 Å². The highest BCUT2D eigenvalue weighted by Crippen LogP contribution is 2.28. The zero-order valence-electron chi connectivity index (χ0n) is 10.3. The van der Waals surface area contributed by atoms with Crippen molar-refractivity contribution in [1.29, 1.82) is 0 Å². The average molecular weight is 279 g/mol. The number of nitrogens with zero attached hydrogens (tertiary/aromatic N) is 2. The van der Waals surface area contributed by atoms with Crippen LogP contribution < -0.4 is 4.74 Å². The number of halogens is 1. The number of aromatic nitrogens is 2. The van der Waals surface area contributed by atoms with Crippen LogP contribution in [0.4, 0.5) is 0 Å². The maximum atomic E-state index is 10.8. The molecule has 0 unspecified atom stereocenters. The van der Waals surface area contributed by atoms with Gasteiger partial charge in [-0.25, -0.2) is 9.78 Å². The van der Waals surface area contributed by atoms with Crippen LogP contribution in [-0.2, 0) is 0 Å². The van der Waals surface area contributed by atoms with Gasteiger partial charge >= 0.3 is 12.0 Å². The average Bonchev–Trinajstić information content (AvgIpc) is 2.32. The highest BCUT2D eigenvalue weighted by atomic mass is 35.5. The van der Waals surface area contributed by atoms with Crippen molar-refractivity contribution in [3.05, 3.63) is 46.2 Å². The third-order valence-corrected chi connectivity index (χ3v) is 2.77. The van der Waals surface area contributed by atoms with Gasteiger partial charge in [-0.05, 0) is 31.5 Å². The lowest BCUT2D eigenvalue weighted by Crippen LogP contribution is -2.04. The first-order chi connectivity index (χ1) is 8.97. The molecule has 0 atom stereocenters. The number of hydrogen-bond donors (Lipinski definition) is 1. The molecule has 1 aromatic carbocycles. The van der Waals surface area contributed by atoms with Gasteiger partial charge in [0.15, 0.2) is 0 Å². The first-order valence-electron chi connectivity index (χ1n) is 5.48. The molecule has 6 heteroatoms. The van der Waals surface area contributed by atoms with Crippen molar-refractivity contribution >= 4 is 17.6 Å². The van der Waals surface area contributed by atoms with E-state index < -0.39 is 5.97 Å². The number of carboxylic acid groups (broad SMARTS) is 1. The van der Waals surface area contributed by atoms with Gasteiger partial charge < -0.3 is 9.84 Å². The molecule has 1 aromatic heterocycles. The lowest BCUT2D eigenvalue weighted by molar-refractivity contribution is 0.0695. The molecule has 0 aliphatic rings. The number of hydrogen-bond acceptors (Lipinski definition) is 4. The summed E-state index contributed by atoms with van der Waals surface area (Å²) < 4.78 is 5.43. The molecule has 2 aromatic rings. The van der Waals surface area contributed by atoms with Crippen molar-refractivity contribution < 1.29 is 14.6 Å². The van der Waals surface area contributed by atoms with Crippen molar-refractivity contribution in [2.45, 2.75) is 13.8 Å². The van der Waals surface area contributed by atoms with Crippen LogP contribution in [0.25, 0.3) is 0 Å². The maximum Gasteiger partial charge on any atom is 0.339 e. The lowest BCUT2D eigenvalue weighted by atomic mass is 10.2. The normalized spacial score (nSPS) is 10.3. The summed E-state index contributed by atoms with van der Waals surface area (Å²) in [5.74, 6) is -0.646. The molecule has 0 aliphatic heterocycles. The fourth-order valence-electron chi connectivity index (χ4n) is 1.49. The molecule has 0 aliphatic carbocycles. The van der Waals surface area contributed by atoms with Crippen molar-refractivity contribution in [2.24, 2.45) is 0 Å². The Morgan fingerprint density at radius 2 is 2.11 bits per heavy atom. The minimum atomic E-state index is -1.07. The van der Waals surface area contributed by atoms with E-state index in [1.165, 1.54) is 6.20 Å². The number of benzene rings is 1. The van der Waals surface area contributed by atoms with E-state index in [0.29, 0.717) is 16.5 Å². The van der Waals surface area contributed by atoms with Gasteiger partial charge in [0.05, 0.1) is 16.3 Å². The first-order valence-corrected chi connectivity index (χ1v) is 5.86. The molecule has 2 rings (SSSR count). The van der Waals surface area contributed by atoms with Crippen LogP contribution in [0.15, 0.2) is 24.4 Å². The van der Waals surface area contributed by atoms with E-state index in [-0.39, 0.29) is 11.6 Å². The van der Waals surface area contributed by atoms with E-state index in [9.17, 15) is 4.79 Å². The smallest absolute Gasteiger partial charge is 0.339 e. The summed E-state index contributed by atoms with van der Waals surface area (Å²) in [7, 11) is 0. The molecular formula is C13H11ClN2O3. The Labute approximate surface area is 114 Å². The number of rotatable bonds is 3. The Bertz CT molecular complexity index is 644. The first kappa shape index (κ1) is 13.3. The van der Waals surface area contributed by atoms with Crippen LogP contribution in [0.1, 0.15) is 21.6 Å². The van der Waals surface area contributed by atoms with Gasteiger partial charge in [0.1, 0.15) is 5.75 Å². The molecule has 0 bridgehead atoms. The monoisotopic (exact) mass is 278 g/mol. The summed E-state index contributed by atoms with van der Waals surface area (Å²) in [5, 5.41) is 9.33. The second-order valence-electron chi connectivity index (χ2n) is 3.99. The summed E-state index contributed by atoms with van der Waals surface area (Å²) >= 11 is 6.03. The minimum Gasteiger partial charge on any atom is -0.478 e. The zero-order valence-corrected chi connectivity index (χ0v) is 11.1. The van der Waals surface area contributed by atoms with E-state index in [0.717, 1.165) is 5.56 Å². The molecule has 0 spiro atoms. The highest BCUT2D eigenvalue weighted by Gasteiger charge is 2.12.